The van der Waals surface area contributed by atoms with E-state index in [0.717, 1.165) is 84.5 Å². The molecule has 6 nitrogen and oxygen atoms in total. The SMILES string of the molecule is C1=CCC(C2N=C(C3=CCCC=C3)NC(c3cc(-c4cc(C5=CCCC=C5)cc(-c5ccccc5)c4)cnc3C3=CC4Oc5ccc6c(c5C4CC3)c3ccccc3n6-c3ccccc3)N2)C=C1. The summed E-state index contributed by atoms with van der Waals surface area (Å²) >= 11 is 0. The van der Waals surface area contributed by atoms with Crippen molar-refractivity contribution in [1.82, 2.24) is 20.2 Å². The van der Waals surface area contributed by atoms with E-state index in [1.54, 1.807) is 0 Å². The molecule has 0 fully saturated rings. The molecule has 68 heavy (non-hydrogen) atoms. The van der Waals surface area contributed by atoms with Gasteiger partial charge in [-0.25, -0.2) is 4.99 Å². The number of benzene rings is 5. The van der Waals surface area contributed by atoms with Crippen LogP contribution < -0.4 is 15.4 Å². The second-order valence-corrected chi connectivity index (χ2v) is 19.0. The first-order valence-electron chi connectivity index (χ1n) is 24.6. The van der Waals surface area contributed by atoms with Gasteiger partial charge in [0, 0.05) is 56.8 Å². The van der Waals surface area contributed by atoms with Crippen molar-refractivity contribution in [2.45, 2.75) is 69.3 Å². The lowest BCUT2D eigenvalue weighted by Gasteiger charge is -2.36. The van der Waals surface area contributed by atoms with E-state index < -0.39 is 0 Å². The first-order valence-corrected chi connectivity index (χ1v) is 24.6. The van der Waals surface area contributed by atoms with Crippen molar-refractivity contribution in [3.05, 3.63) is 222 Å². The quantitative estimate of drug-likeness (QED) is 0.160. The molecule has 5 aromatic carbocycles. The molecule has 4 aliphatic carbocycles. The third-order valence-electron chi connectivity index (χ3n) is 14.8. The lowest BCUT2D eigenvalue weighted by Crippen LogP contribution is -2.51. The molecule has 6 heteroatoms. The molecule has 5 unspecified atom stereocenters. The van der Waals surface area contributed by atoms with Crippen LogP contribution in [0, 0.1) is 5.92 Å². The van der Waals surface area contributed by atoms with Crippen LogP contribution in [0.1, 0.15) is 79.4 Å². The molecule has 2 aliphatic heterocycles. The highest BCUT2D eigenvalue weighted by Crippen LogP contribution is 2.52. The van der Waals surface area contributed by atoms with Gasteiger partial charge < -0.3 is 14.6 Å². The number of rotatable bonds is 8. The van der Waals surface area contributed by atoms with Crippen molar-refractivity contribution in [3.8, 4) is 33.7 Å². The van der Waals surface area contributed by atoms with Gasteiger partial charge >= 0.3 is 0 Å². The Kier molecular flexibility index (Phi) is 10.3. The van der Waals surface area contributed by atoms with E-state index >= 15 is 0 Å². The number of hydrogen-bond donors (Lipinski definition) is 2. The fourth-order valence-electron chi connectivity index (χ4n) is 11.5. The van der Waals surface area contributed by atoms with Crippen LogP contribution in [0.15, 0.2) is 205 Å². The van der Waals surface area contributed by atoms with Gasteiger partial charge in [-0.15, -0.1) is 0 Å². The topological polar surface area (TPSA) is 63.5 Å². The number of pyridine rings is 1. The zero-order valence-electron chi connectivity index (χ0n) is 38.1. The zero-order valence-corrected chi connectivity index (χ0v) is 38.1. The Bertz CT molecular complexity index is 3380. The normalized spacial score (nSPS) is 22.7. The second kappa shape index (κ2) is 17.3. The Labute approximate surface area is 398 Å². The van der Waals surface area contributed by atoms with Crippen molar-refractivity contribution in [1.29, 1.82) is 0 Å². The predicted molar refractivity (Wildman–Crippen MR) is 280 cm³/mol. The van der Waals surface area contributed by atoms with Crippen molar-refractivity contribution in [3.63, 3.8) is 0 Å². The van der Waals surface area contributed by atoms with Gasteiger partial charge in [-0.3, -0.25) is 10.3 Å². The standard InChI is InChI=1S/C62H53N5O/c1-6-18-40(19-7-1)45-34-46(41-20-8-2-9-21-41)36-47(35-45)48-37-52(62-65-60(42-22-10-3-11-23-42)64-61(66-62)43-24-12-4-13-25-43)59(63-39-48)44-30-31-51-56(38-44)68-55-33-32-54-57(58(51)55)50-28-16-17-29-53(50)67(54)49-26-14-5-15-27-49/h1,3,5-8,10-12,14-22,24-29,32-39,42,51,56,60,62,65H,2,4,9,13,23,30-31H2,(H,64,66). The smallest absolute Gasteiger partial charge is 0.131 e. The van der Waals surface area contributed by atoms with Gasteiger partial charge in [0.15, 0.2) is 0 Å². The molecule has 4 heterocycles. The van der Waals surface area contributed by atoms with Crippen LogP contribution in [0.4, 0.5) is 0 Å². The van der Waals surface area contributed by atoms with Crippen LogP contribution in [0.3, 0.4) is 0 Å². The summed E-state index contributed by atoms with van der Waals surface area (Å²) in [5, 5.41) is 10.5. The van der Waals surface area contributed by atoms with E-state index in [4.69, 9.17) is 14.7 Å². The number of nitrogens with zero attached hydrogens (tertiary/aromatic N) is 3. The number of nitrogens with one attached hydrogen (secondary N) is 2. The number of fused-ring (bicyclic) bond motifs is 7. The van der Waals surface area contributed by atoms with Crippen LogP contribution in [0.2, 0.25) is 0 Å². The summed E-state index contributed by atoms with van der Waals surface area (Å²) in [6, 6.07) is 44.2. The van der Waals surface area contributed by atoms with Crippen molar-refractivity contribution >= 4 is 38.8 Å². The highest BCUT2D eigenvalue weighted by Gasteiger charge is 2.40. The number of amidine groups is 1. The van der Waals surface area contributed by atoms with Crippen LogP contribution in [0.5, 0.6) is 5.75 Å². The lowest BCUT2D eigenvalue weighted by molar-refractivity contribution is 0.246. The molecule has 0 spiro atoms. The van der Waals surface area contributed by atoms with Gasteiger partial charge in [0.25, 0.3) is 0 Å². The molecule has 5 atom stereocenters. The average Bonchev–Trinajstić information content (AvgIpc) is 3.97. The van der Waals surface area contributed by atoms with Crippen molar-refractivity contribution < 1.29 is 4.74 Å². The van der Waals surface area contributed by atoms with Gasteiger partial charge in [0.1, 0.15) is 30.0 Å². The molecular weight excluding hydrogens is 831 g/mol. The number of aromatic nitrogens is 2. The molecule has 13 rings (SSSR count). The number of ether oxygens (including phenoxy) is 1. The largest absolute Gasteiger partial charge is 0.485 e. The van der Waals surface area contributed by atoms with Gasteiger partial charge in [-0.2, -0.15) is 0 Å². The maximum atomic E-state index is 7.03. The molecule has 0 saturated carbocycles. The molecule has 7 aromatic rings. The summed E-state index contributed by atoms with van der Waals surface area (Å²) in [6.07, 6.45) is 33.6. The molecule has 6 aliphatic rings. The Morgan fingerprint density at radius 3 is 2.22 bits per heavy atom. The van der Waals surface area contributed by atoms with Gasteiger partial charge in [-0.05, 0) is 139 Å². The summed E-state index contributed by atoms with van der Waals surface area (Å²) in [4.78, 5) is 10.9. The minimum absolute atomic E-state index is 0.108. The first kappa shape index (κ1) is 40.7. The Balaban J connectivity index is 0.940. The predicted octanol–water partition coefficient (Wildman–Crippen LogP) is 14.3. The Morgan fingerprint density at radius 2 is 1.43 bits per heavy atom. The Hall–Kier alpha value is -7.54. The summed E-state index contributed by atoms with van der Waals surface area (Å²) in [5.41, 5.74) is 16.5. The van der Waals surface area contributed by atoms with E-state index in [2.05, 4.69) is 210 Å². The third kappa shape index (κ3) is 7.31. The van der Waals surface area contributed by atoms with E-state index in [0.29, 0.717) is 0 Å². The van der Waals surface area contributed by atoms with Crippen LogP contribution in [-0.2, 0) is 0 Å². The number of allylic oxidation sites excluding steroid dienone is 10. The van der Waals surface area contributed by atoms with Crippen LogP contribution >= 0.6 is 0 Å². The summed E-state index contributed by atoms with van der Waals surface area (Å²) in [7, 11) is 0. The average molecular weight is 884 g/mol. The van der Waals surface area contributed by atoms with E-state index in [-0.39, 0.29) is 30.3 Å². The monoisotopic (exact) mass is 883 g/mol. The summed E-state index contributed by atoms with van der Waals surface area (Å²) < 4.78 is 9.44. The second-order valence-electron chi connectivity index (χ2n) is 19.0. The molecule has 332 valence electrons. The molecule has 0 saturated heterocycles. The molecular formula is C62H53N5O. The third-order valence-corrected chi connectivity index (χ3v) is 14.8. The van der Waals surface area contributed by atoms with Gasteiger partial charge in [0.2, 0.25) is 0 Å². The highest BCUT2D eigenvalue weighted by molar-refractivity contribution is 6.12. The van der Waals surface area contributed by atoms with Crippen molar-refractivity contribution in [2.75, 3.05) is 0 Å². The maximum absolute atomic E-state index is 7.03. The zero-order chi connectivity index (χ0) is 45.0. The molecule has 0 bridgehead atoms. The van der Waals surface area contributed by atoms with Crippen LogP contribution in [0.25, 0.3) is 60.9 Å². The molecule has 2 N–H and O–H groups in total. The van der Waals surface area contributed by atoms with E-state index in [9.17, 15) is 0 Å². The first-order chi connectivity index (χ1) is 33.7. The summed E-state index contributed by atoms with van der Waals surface area (Å²) in [5.74, 6) is 2.37. The van der Waals surface area contributed by atoms with Gasteiger partial charge in [-0.1, -0.05) is 127 Å². The summed E-state index contributed by atoms with van der Waals surface area (Å²) in [6.45, 7) is 0. The molecule has 2 aromatic heterocycles. The number of hydrogen-bond acceptors (Lipinski definition) is 5. The minimum Gasteiger partial charge on any atom is -0.485 e. The molecule has 0 amide bonds. The fourth-order valence-corrected chi connectivity index (χ4v) is 11.5. The maximum Gasteiger partial charge on any atom is 0.131 e. The van der Waals surface area contributed by atoms with E-state index in [1.807, 2.05) is 0 Å². The van der Waals surface area contributed by atoms with Gasteiger partial charge in [0.05, 0.1) is 16.7 Å². The molecule has 0 radical (unpaired) electrons. The minimum atomic E-state index is -0.254. The fraction of sp³-hybridized carbons (Fsp3) is 0.194. The van der Waals surface area contributed by atoms with Crippen molar-refractivity contribution in [2.24, 2.45) is 10.9 Å². The van der Waals surface area contributed by atoms with Crippen LogP contribution in [-0.4, -0.2) is 27.7 Å². The number of para-hydroxylation sites is 2. The highest BCUT2D eigenvalue weighted by atomic mass is 16.5. The Morgan fingerprint density at radius 1 is 0.662 bits per heavy atom. The lowest BCUT2D eigenvalue weighted by atomic mass is 9.80. The van der Waals surface area contributed by atoms with E-state index in [1.165, 1.54) is 60.9 Å². The number of aliphatic imine (C=N–C) groups is 1.